The van der Waals surface area contributed by atoms with Crippen LogP contribution in [0, 0.1) is 17.6 Å². The minimum Gasteiger partial charge on any atom is -0.350 e. The highest BCUT2D eigenvalue weighted by Gasteiger charge is 2.24. The summed E-state index contributed by atoms with van der Waals surface area (Å²) in [7, 11) is 0. The van der Waals surface area contributed by atoms with Gasteiger partial charge in [-0.1, -0.05) is 29.3 Å². The lowest BCUT2D eigenvalue weighted by Crippen LogP contribution is -2.16. The van der Waals surface area contributed by atoms with Crippen molar-refractivity contribution < 1.29 is 8.78 Å². The monoisotopic (exact) mass is 488 g/mol. The predicted octanol–water partition coefficient (Wildman–Crippen LogP) is 5.30. The van der Waals surface area contributed by atoms with Gasteiger partial charge in [-0.25, -0.2) is 18.7 Å². The van der Waals surface area contributed by atoms with Crippen molar-refractivity contribution in [2.75, 3.05) is 18.4 Å². The first-order chi connectivity index (χ1) is 16.0. The quantitative estimate of drug-likeness (QED) is 0.385. The molecule has 0 spiro atoms. The third-order valence-electron chi connectivity index (χ3n) is 5.72. The summed E-state index contributed by atoms with van der Waals surface area (Å²) in [6.45, 7) is 2.54. The zero-order valence-electron chi connectivity index (χ0n) is 17.5. The van der Waals surface area contributed by atoms with Crippen molar-refractivity contribution in [3.8, 4) is 11.4 Å². The van der Waals surface area contributed by atoms with Gasteiger partial charge in [0.1, 0.15) is 23.0 Å². The Morgan fingerprint density at radius 2 is 2.00 bits per heavy atom. The second kappa shape index (κ2) is 9.21. The van der Waals surface area contributed by atoms with E-state index in [0.29, 0.717) is 46.0 Å². The highest BCUT2D eigenvalue weighted by molar-refractivity contribution is 6.33. The second-order valence-corrected chi connectivity index (χ2v) is 8.84. The fraction of sp³-hybridized carbons (Fsp3) is 0.261. The van der Waals surface area contributed by atoms with E-state index in [-0.39, 0.29) is 22.9 Å². The van der Waals surface area contributed by atoms with E-state index in [9.17, 15) is 8.78 Å². The summed E-state index contributed by atoms with van der Waals surface area (Å²) in [6, 6.07) is 8.93. The first kappa shape index (κ1) is 22.0. The first-order valence-corrected chi connectivity index (χ1v) is 11.3. The summed E-state index contributed by atoms with van der Waals surface area (Å²) in [5.74, 6) is 0.235. The second-order valence-electron chi connectivity index (χ2n) is 7.99. The van der Waals surface area contributed by atoms with E-state index in [1.165, 1.54) is 18.2 Å². The predicted molar refractivity (Wildman–Crippen MR) is 125 cm³/mol. The zero-order valence-corrected chi connectivity index (χ0v) is 19.0. The van der Waals surface area contributed by atoms with E-state index in [0.717, 1.165) is 19.5 Å². The summed E-state index contributed by atoms with van der Waals surface area (Å²) >= 11 is 12.3. The summed E-state index contributed by atoms with van der Waals surface area (Å²) in [5.41, 5.74) is 1.71. The Bertz CT molecular complexity index is 1300. The Balaban J connectivity index is 1.54. The van der Waals surface area contributed by atoms with Gasteiger partial charge in [0.15, 0.2) is 5.65 Å². The largest absolute Gasteiger partial charge is 0.350 e. The highest BCUT2D eigenvalue weighted by atomic mass is 35.5. The molecule has 1 fully saturated rings. The Morgan fingerprint density at radius 1 is 1.12 bits per heavy atom. The van der Waals surface area contributed by atoms with Crippen LogP contribution in [0.4, 0.5) is 14.7 Å². The van der Waals surface area contributed by atoms with Crippen LogP contribution in [0.25, 0.3) is 22.6 Å². The Kier molecular flexibility index (Phi) is 6.14. The molecule has 0 bridgehead atoms. The molecule has 0 aliphatic carbocycles. The molecular weight excluding hydrogens is 469 g/mol. The van der Waals surface area contributed by atoms with Gasteiger partial charge in [-0.15, -0.1) is 0 Å². The number of fused-ring (bicyclic) bond motifs is 1. The Morgan fingerprint density at radius 3 is 2.79 bits per heavy atom. The smallest absolute Gasteiger partial charge is 0.225 e. The average Bonchev–Trinajstić information content (AvgIpc) is 3.43. The summed E-state index contributed by atoms with van der Waals surface area (Å²) < 4.78 is 30.7. The van der Waals surface area contributed by atoms with Crippen LogP contribution in [-0.2, 0) is 13.1 Å². The number of imidazole rings is 1. The number of nitrogens with zero attached hydrogens (tertiary/aromatic N) is 4. The zero-order chi connectivity index (χ0) is 22.9. The number of rotatable bonds is 6. The van der Waals surface area contributed by atoms with Gasteiger partial charge in [0.05, 0.1) is 16.8 Å². The maximum atomic E-state index is 14.8. The van der Waals surface area contributed by atoms with Crippen LogP contribution in [0.1, 0.15) is 12.0 Å². The molecule has 1 aliphatic heterocycles. The van der Waals surface area contributed by atoms with E-state index in [2.05, 4.69) is 25.6 Å². The molecule has 33 heavy (non-hydrogen) atoms. The molecule has 0 unspecified atom stereocenters. The first-order valence-electron chi connectivity index (χ1n) is 10.6. The van der Waals surface area contributed by atoms with Crippen LogP contribution in [0.15, 0.2) is 42.6 Å². The molecule has 1 aliphatic rings. The molecule has 2 aromatic heterocycles. The highest BCUT2D eigenvalue weighted by Crippen LogP contribution is 2.33. The average molecular weight is 489 g/mol. The third kappa shape index (κ3) is 4.51. The standard InChI is InChI=1S/C23H20Cl2F2N6/c24-15-4-5-17(26)14(8-15)10-29-23-30-11-19-21(32-23)33(12-13-6-7-28-9-13)22(31-19)20-16(25)2-1-3-18(20)27/h1-5,8,11,13,28H,6-7,9-10,12H2,(H,29,30,32)/t13-/m0/s1. The summed E-state index contributed by atoms with van der Waals surface area (Å²) in [5, 5.41) is 7.11. The third-order valence-corrected chi connectivity index (χ3v) is 6.27. The molecule has 170 valence electrons. The molecule has 1 saturated heterocycles. The lowest BCUT2D eigenvalue weighted by atomic mass is 10.1. The molecule has 0 radical (unpaired) electrons. The van der Waals surface area contributed by atoms with Crippen LogP contribution in [0.5, 0.6) is 0 Å². The normalized spacial score (nSPS) is 15.9. The van der Waals surface area contributed by atoms with Crippen LogP contribution in [0.3, 0.4) is 0 Å². The number of nitrogens with one attached hydrogen (secondary N) is 2. The molecule has 4 aromatic rings. The number of hydrogen-bond acceptors (Lipinski definition) is 5. The fourth-order valence-electron chi connectivity index (χ4n) is 4.06. The van der Waals surface area contributed by atoms with E-state index < -0.39 is 5.82 Å². The van der Waals surface area contributed by atoms with Gasteiger partial charge in [-0.05, 0) is 55.8 Å². The van der Waals surface area contributed by atoms with E-state index >= 15 is 0 Å². The van der Waals surface area contributed by atoms with Crippen LogP contribution in [0.2, 0.25) is 10.0 Å². The van der Waals surface area contributed by atoms with Gasteiger partial charge >= 0.3 is 0 Å². The SMILES string of the molecule is Fc1ccc(Cl)cc1CNc1ncc2nc(-c3c(F)cccc3Cl)n(C[C@H]3CCNC3)c2n1. The van der Waals surface area contributed by atoms with Crippen LogP contribution >= 0.6 is 23.2 Å². The molecule has 3 heterocycles. The number of anilines is 1. The molecule has 1 atom stereocenters. The van der Waals surface area contributed by atoms with Crippen molar-refractivity contribution >= 4 is 40.3 Å². The molecular formula is C23H20Cl2F2N6. The van der Waals surface area contributed by atoms with Crippen molar-refractivity contribution in [2.45, 2.75) is 19.5 Å². The van der Waals surface area contributed by atoms with Gasteiger partial charge < -0.3 is 15.2 Å². The Hall–Kier alpha value is -2.81. The van der Waals surface area contributed by atoms with Crippen LogP contribution < -0.4 is 10.6 Å². The van der Waals surface area contributed by atoms with Crippen LogP contribution in [-0.4, -0.2) is 32.6 Å². The van der Waals surface area contributed by atoms with Gasteiger partial charge in [0.25, 0.3) is 0 Å². The molecule has 5 rings (SSSR count). The van der Waals surface area contributed by atoms with Crippen molar-refractivity contribution in [1.82, 2.24) is 24.8 Å². The molecule has 2 N–H and O–H groups in total. The molecule has 10 heteroatoms. The van der Waals surface area contributed by atoms with Crippen molar-refractivity contribution in [1.29, 1.82) is 0 Å². The molecule has 2 aromatic carbocycles. The minimum atomic E-state index is -0.452. The van der Waals surface area contributed by atoms with Gasteiger partial charge in [-0.3, -0.25) is 0 Å². The molecule has 0 amide bonds. The van der Waals surface area contributed by atoms with Crippen molar-refractivity contribution in [3.05, 3.63) is 69.8 Å². The van der Waals surface area contributed by atoms with Gasteiger partial charge in [-0.2, -0.15) is 4.98 Å². The fourth-order valence-corrected chi connectivity index (χ4v) is 4.50. The maximum absolute atomic E-state index is 14.8. The lowest BCUT2D eigenvalue weighted by molar-refractivity contribution is 0.489. The Labute approximate surface area is 199 Å². The minimum absolute atomic E-state index is 0.157. The van der Waals surface area contributed by atoms with Gasteiger partial charge in [0.2, 0.25) is 5.95 Å². The van der Waals surface area contributed by atoms with Crippen molar-refractivity contribution in [3.63, 3.8) is 0 Å². The van der Waals surface area contributed by atoms with Gasteiger partial charge in [0, 0.05) is 23.7 Å². The topological polar surface area (TPSA) is 67.7 Å². The van der Waals surface area contributed by atoms with E-state index in [1.54, 1.807) is 24.4 Å². The summed E-state index contributed by atoms with van der Waals surface area (Å²) in [4.78, 5) is 13.6. The number of aromatic nitrogens is 4. The number of hydrogen-bond donors (Lipinski definition) is 2. The number of halogens is 4. The summed E-state index contributed by atoms with van der Waals surface area (Å²) in [6.07, 6.45) is 2.56. The maximum Gasteiger partial charge on any atom is 0.225 e. The van der Waals surface area contributed by atoms with E-state index in [4.69, 9.17) is 23.2 Å². The van der Waals surface area contributed by atoms with E-state index in [1.807, 2.05) is 4.57 Å². The molecule has 0 saturated carbocycles. The number of benzene rings is 2. The lowest BCUT2D eigenvalue weighted by Gasteiger charge is -2.14. The molecule has 6 nitrogen and oxygen atoms in total. The van der Waals surface area contributed by atoms with Crippen molar-refractivity contribution in [2.24, 2.45) is 5.92 Å².